The molecule has 21 heavy (non-hydrogen) atoms. The first-order valence-corrected chi connectivity index (χ1v) is 8.96. The highest BCUT2D eigenvalue weighted by Gasteiger charge is 2.27. The first-order chi connectivity index (χ1) is 9.94. The van der Waals surface area contributed by atoms with Crippen molar-refractivity contribution in [1.29, 1.82) is 0 Å². The zero-order chi connectivity index (χ0) is 15.5. The molecule has 118 valence electrons. The summed E-state index contributed by atoms with van der Waals surface area (Å²) >= 11 is 0. The molecule has 6 heteroatoms. The molecule has 0 bridgehead atoms. The van der Waals surface area contributed by atoms with Gasteiger partial charge in [0, 0.05) is 26.2 Å². The van der Waals surface area contributed by atoms with E-state index in [1.165, 1.54) is 4.31 Å². The van der Waals surface area contributed by atoms with E-state index in [9.17, 15) is 8.42 Å². The van der Waals surface area contributed by atoms with E-state index in [4.69, 9.17) is 5.73 Å². The van der Waals surface area contributed by atoms with E-state index in [1.54, 1.807) is 7.05 Å². The highest BCUT2D eigenvalue weighted by Crippen LogP contribution is 2.19. The van der Waals surface area contributed by atoms with Crippen molar-refractivity contribution in [3.63, 3.8) is 0 Å². The molecule has 1 aromatic carbocycles. The molecule has 0 spiro atoms. The number of likely N-dealkylation sites (N-methyl/N-ethyl adjacent to an activating group) is 2. The smallest absolute Gasteiger partial charge is 0.218 e. The summed E-state index contributed by atoms with van der Waals surface area (Å²) in [6, 6.07) is 7.80. The Labute approximate surface area is 127 Å². The van der Waals surface area contributed by atoms with Crippen LogP contribution in [0.3, 0.4) is 0 Å². The summed E-state index contributed by atoms with van der Waals surface area (Å²) < 4.78 is 26.6. The van der Waals surface area contributed by atoms with Crippen LogP contribution in [0.25, 0.3) is 0 Å². The predicted molar refractivity (Wildman–Crippen MR) is 85.2 cm³/mol. The molecule has 1 aromatic rings. The maximum atomic E-state index is 12.5. The van der Waals surface area contributed by atoms with Crippen molar-refractivity contribution < 1.29 is 8.42 Å². The van der Waals surface area contributed by atoms with Gasteiger partial charge in [0.05, 0.1) is 5.75 Å². The van der Waals surface area contributed by atoms with Crippen molar-refractivity contribution in [3.05, 3.63) is 35.4 Å². The fraction of sp³-hybridized carbons (Fsp3) is 0.600. The van der Waals surface area contributed by atoms with Gasteiger partial charge in [0.2, 0.25) is 10.0 Å². The molecule has 1 heterocycles. The Balaban J connectivity index is 2.07. The SMILES string of the molecule is CN1CCCC1CN(C)S(=O)(=O)Cc1ccccc1CN. The van der Waals surface area contributed by atoms with Crippen LogP contribution in [-0.4, -0.2) is 50.8 Å². The van der Waals surface area contributed by atoms with Crippen molar-refractivity contribution in [1.82, 2.24) is 9.21 Å². The molecule has 1 fully saturated rings. The fourth-order valence-electron chi connectivity index (χ4n) is 2.82. The summed E-state index contributed by atoms with van der Waals surface area (Å²) in [4.78, 5) is 2.24. The molecule has 2 N–H and O–H groups in total. The lowest BCUT2D eigenvalue weighted by Crippen LogP contribution is -2.40. The van der Waals surface area contributed by atoms with Crippen LogP contribution in [0.5, 0.6) is 0 Å². The van der Waals surface area contributed by atoms with Gasteiger partial charge in [0.25, 0.3) is 0 Å². The van der Waals surface area contributed by atoms with E-state index < -0.39 is 10.0 Å². The second-order valence-electron chi connectivity index (χ2n) is 5.79. The van der Waals surface area contributed by atoms with Gasteiger partial charge in [0.1, 0.15) is 0 Å². The average Bonchev–Trinajstić information content (AvgIpc) is 2.84. The maximum absolute atomic E-state index is 12.5. The van der Waals surface area contributed by atoms with Crippen molar-refractivity contribution in [3.8, 4) is 0 Å². The molecule has 1 atom stereocenters. The number of benzene rings is 1. The summed E-state index contributed by atoms with van der Waals surface area (Å²) in [6.45, 7) is 1.97. The van der Waals surface area contributed by atoms with Crippen LogP contribution in [-0.2, 0) is 22.3 Å². The molecule has 0 aliphatic carbocycles. The Hall–Kier alpha value is -0.950. The number of hydrogen-bond acceptors (Lipinski definition) is 4. The Bertz CT molecular complexity index is 574. The van der Waals surface area contributed by atoms with Crippen LogP contribution in [0.1, 0.15) is 24.0 Å². The van der Waals surface area contributed by atoms with Gasteiger partial charge in [-0.15, -0.1) is 0 Å². The number of nitrogens with zero attached hydrogens (tertiary/aromatic N) is 2. The first kappa shape index (κ1) is 16.4. The third-order valence-corrected chi connectivity index (χ3v) is 6.07. The van der Waals surface area contributed by atoms with E-state index in [1.807, 2.05) is 24.3 Å². The minimum Gasteiger partial charge on any atom is -0.326 e. The van der Waals surface area contributed by atoms with Gasteiger partial charge in [0.15, 0.2) is 0 Å². The van der Waals surface area contributed by atoms with Gasteiger partial charge in [-0.05, 0) is 37.6 Å². The second kappa shape index (κ2) is 6.87. The Morgan fingerprint density at radius 3 is 2.57 bits per heavy atom. The quantitative estimate of drug-likeness (QED) is 0.851. The van der Waals surface area contributed by atoms with Crippen LogP contribution in [0.15, 0.2) is 24.3 Å². The van der Waals surface area contributed by atoms with Crippen LogP contribution in [0.2, 0.25) is 0 Å². The van der Waals surface area contributed by atoms with Crippen molar-refractivity contribution >= 4 is 10.0 Å². The van der Waals surface area contributed by atoms with Crippen LogP contribution in [0.4, 0.5) is 0 Å². The molecular weight excluding hydrogens is 286 g/mol. The molecule has 1 aliphatic heterocycles. The van der Waals surface area contributed by atoms with Gasteiger partial charge in [-0.25, -0.2) is 12.7 Å². The maximum Gasteiger partial charge on any atom is 0.218 e. The number of likely N-dealkylation sites (tertiary alicyclic amines) is 1. The van der Waals surface area contributed by atoms with Gasteiger partial charge in [-0.2, -0.15) is 0 Å². The molecule has 1 saturated heterocycles. The van der Waals surface area contributed by atoms with Crippen LogP contribution >= 0.6 is 0 Å². The van der Waals surface area contributed by atoms with Gasteiger partial charge in [-0.1, -0.05) is 24.3 Å². The summed E-state index contributed by atoms with van der Waals surface area (Å²) in [6.07, 6.45) is 2.21. The zero-order valence-electron chi connectivity index (χ0n) is 12.8. The molecule has 0 saturated carbocycles. The molecule has 0 radical (unpaired) electrons. The van der Waals surface area contributed by atoms with Gasteiger partial charge < -0.3 is 10.6 Å². The summed E-state index contributed by atoms with van der Waals surface area (Å²) in [5.41, 5.74) is 7.37. The van der Waals surface area contributed by atoms with E-state index in [-0.39, 0.29) is 5.75 Å². The van der Waals surface area contributed by atoms with Crippen LogP contribution in [0, 0.1) is 0 Å². The molecule has 5 nitrogen and oxygen atoms in total. The minimum atomic E-state index is -3.31. The molecule has 1 unspecified atom stereocenters. The number of sulfonamides is 1. The van der Waals surface area contributed by atoms with Crippen molar-refractivity contribution in [2.45, 2.75) is 31.2 Å². The normalized spacial score (nSPS) is 20.3. The van der Waals surface area contributed by atoms with Crippen LogP contribution < -0.4 is 5.73 Å². The standard InChI is InChI=1S/C15H25N3O2S/c1-17-9-5-8-15(17)11-18(2)21(19,20)12-14-7-4-3-6-13(14)10-16/h3-4,6-7,15H,5,8-12,16H2,1-2H3. The monoisotopic (exact) mass is 311 g/mol. The number of nitrogens with two attached hydrogens (primary N) is 1. The molecular formula is C15H25N3O2S. The second-order valence-corrected chi connectivity index (χ2v) is 7.86. The van der Waals surface area contributed by atoms with E-state index in [0.717, 1.165) is 30.5 Å². The number of rotatable bonds is 6. The number of hydrogen-bond donors (Lipinski definition) is 1. The predicted octanol–water partition coefficient (Wildman–Crippen LogP) is 1.00. The topological polar surface area (TPSA) is 66.6 Å². The Morgan fingerprint density at radius 1 is 1.33 bits per heavy atom. The van der Waals surface area contributed by atoms with Crippen molar-refractivity contribution in [2.24, 2.45) is 5.73 Å². The molecule has 2 rings (SSSR count). The van der Waals surface area contributed by atoms with E-state index in [2.05, 4.69) is 11.9 Å². The largest absolute Gasteiger partial charge is 0.326 e. The van der Waals surface area contributed by atoms with E-state index >= 15 is 0 Å². The fourth-order valence-corrected chi connectivity index (χ4v) is 4.12. The summed E-state index contributed by atoms with van der Waals surface area (Å²) in [7, 11) is 0.425. The average molecular weight is 311 g/mol. The summed E-state index contributed by atoms with van der Waals surface area (Å²) in [5.74, 6) is 0.0211. The van der Waals surface area contributed by atoms with Crippen molar-refractivity contribution in [2.75, 3.05) is 27.2 Å². The molecule has 1 aliphatic rings. The molecule has 0 amide bonds. The first-order valence-electron chi connectivity index (χ1n) is 7.35. The van der Waals surface area contributed by atoms with Gasteiger partial charge in [-0.3, -0.25) is 0 Å². The lowest BCUT2D eigenvalue weighted by Gasteiger charge is -2.25. The summed E-state index contributed by atoms with van der Waals surface area (Å²) in [5, 5.41) is 0. The van der Waals surface area contributed by atoms with Gasteiger partial charge >= 0.3 is 0 Å². The lowest BCUT2D eigenvalue weighted by atomic mass is 10.1. The Kier molecular flexibility index (Phi) is 5.37. The Morgan fingerprint density at radius 2 is 2.00 bits per heavy atom. The lowest BCUT2D eigenvalue weighted by molar-refractivity contribution is 0.271. The minimum absolute atomic E-state index is 0.0211. The highest BCUT2D eigenvalue weighted by molar-refractivity contribution is 7.88. The third-order valence-electron chi connectivity index (χ3n) is 4.29. The zero-order valence-corrected chi connectivity index (χ0v) is 13.6. The molecule has 0 aromatic heterocycles. The third kappa shape index (κ3) is 4.03. The highest BCUT2D eigenvalue weighted by atomic mass is 32.2. The van der Waals surface area contributed by atoms with E-state index in [0.29, 0.717) is 19.1 Å².